The van der Waals surface area contributed by atoms with Gasteiger partial charge < -0.3 is 5.32 Å². The quantitative estimate of drug-likeness (QED) is 0.805. The molecule has 4 nitrogen and oxygen atoms in total. The Morgan fingerprint density at radius 1 is 1.56 bits per heavy atom. The first kappa shape index (κ1) is 15.2. The summed E-state index contributed by atoms with van der Waals surface area (Å²) in [5.41, 5.74) is 0. The Morgan fingerprint density at radius 2 is 2.22 bits per heavy atom. The van der Waals surface area contributed by atoms with Crippen molar-refractivity contribution in [2.75, 3.05) is 20.1 Å². The third-order valence-corrected chi connectivity index (χ3v) is 5.74. The smallest absolute Gasteiger partial charge is 0.245 e. The van der Waals surface area contributed by atoms with Crippen LogP contribution in [-0.4, -0.2) is 32.9 Å². The van der Waals surface area contributed by atoms with Crippen molar-refractivity contribution >= 4 is 21.4 Å². The summed E-state index contributed by atoms with van der Waals surface area (Å²) in [5.74, 6) is 2.38. The Labute approximate surface area is 113 Å². The molecule has 0 aliphatic heterocycles. The van der Waals surface area contributed by atoms with Gasteiger partial charge in [-0.3, -0.25) is 0 Å². The lowest BCUT2D eigenvalue weighted by molar-refractivity contribution is 0.464. The monoisotopic (exact) mass is 286 g/mol. The number of hydrogen-bond acceptors (Lipinski definition) is 4. The van der Waals surface area contributed by atoms with E-state index in [4.69, 9.17) is 6.42 Å². The van der Waals surface area contributed by atoms with E-state index in [1.807, 2.05) is 14.0 Å². The van der Waals surface area contributed by atoms with Crippen LogP contribution in [0.1, 0.15) is 16.7 Å². The van der Waals surface area contributed by atoms with Crippen molar-refractivity contribution < 1.29 is 8.42 Å². The SMILES string of the molecule is C#CCN(CC)S(=O)(=O)c1cc(CNC)sc1C. The van der Waals surface area contributed by atoms with E-state index >= 15 is 0 Å². The third-order valence-electron chi connectivity index (χ3n) is 2.51. The normalized spacial score (nSPS) is 11.7. The molecule has 1 aromatic rings. The van der Waals surface area contributed by atoms with E-state index in [9.17, 15) is 8.42 Å². The third kappa shape index (κ3) is 3.12. The van der Waals surface area contributed by atoms with E-state index in [1.54, 1.807) is 13.0 Å². The molecule has 0 fully saturated rings. The highest BCUT2D eigenvalue weighted by atomic mass is 32.2. The molecule has 0 spiro atoms. The molecular formula is C12H18N2O2S2. The predicted molar refractivity (Wildman–Crippen MR) is 75.1 cm³/mol. The fourth-order valence-electron chi connectivity index (χ4n) is 1.65. The molecule has 1 aromatic heterocycles. The number of nitrogens with zero attached hydrogens (tertiary/aromatic N) is 1. The lowest BCUT2D eigenvalue weighted by Gasteiger charge is -2.17. The van der Waals surface area contributed by atoms with E-state index in [2.05, 4.69) is 11.2 Å². The van der Waals surface area contributed by atoms with Gasteiger partial charge >= 0.3 is 0 Å². The number of rotatable bonds is 6. The number of thiophene rings is 1. The van der Waals surface area contributed by atoms with Crippen molar-refractivity contribution in [2.24, 2.45) is 0 Å². The van der Waals surface area contributed by atoms with E-state index in [-0.39, 0.29) is 6.54 Å². The summed E-state index contributed by atoms with van der Waals surface area (Å²) < 4.78 is 26.1. The molecule has 0 saturated carbocycles. The van der Waals surface area contributed by atoms with Gasteiger partial charge in [-0.05, 0) is 20.0 Å². The first-order valence-corrected chi connectivity index (χ1v) is 7.90. The van der Waals surface area contributed by atoms with Crippen LogP contribution >= 0.6 is 11.3 Å². The molecule has 0 unspecified atom stereocenters. The highest BCUT2D eigenvalue weighted by Crippen LogP contribution is 2.28. The lowest BCUT2D eigenvalue weighted by atomic mass is 10.4. The molecule has 6 heteroatoms. The van der Waals surface area contributed by atoms with Crippen LogP contribution in [0.3, 0.4) is 0 Å². The number of sulfonamides is 1. The van der Waals surface area contributed by atoms with Crippen LogP contribution in [-0.2, 0) is 16.6 Å². The van der Waals surface area contributed by atoms with Gasteiger partial charge in [0.2, 0.25) is 10.0 Å². The highest BCUT2D eigenvalue weighted by Gasteiger charge is 2.25. The topological polar surface area (TPSA) is 49.4 Å². The minimum absolute atomic E-state index is 0.107. The molecular weight excluding hydrogens is 268 g/mol. The van der Waals surface area contributed by atoms with Gasteiger partial charge in [0, 0.05) is 22.8 Å². The molecule has 0 aromatic carbocycles. The Hall–Kier alpha value is -0.870. The van der Waals surface area contributed by atoms with Crippen LogP contribution in [0.15, 0.2) is 11.0 Å². The summed E-state index contributed by atoms with van der Waals surface area (Å²) in [6.07, 6.45) is 5.21. The molecule has 0 atom stereocenters. The molecule has 1 rings (SSSR count). The largest absolute Gasteiger partial charge is 0.315 e. The summed E-state index contributed by atoms with van der Waals surface area (Å²) in [4.78, 5) is 2.18. The maximum atomic E-state index is 12.4. The van der Waals surface area contributed by atoms with Gasteiger partial charge in [-0.1, -0.05) is 12.8 Å². The van der Waals surface area contributed by atoms with Crippen LogP contribution in [0.5, 0.6) is 0 Å². The molecule has 1 heterocycles. The zero-order valence-electron chi connectivity index (χ0n) is 10.9. The maximum Gasteiger partial charge on any atom is 0.245 e. The Bertz CT molecular complexity index is 541. The second kappa shape index (κ2) is 6.34. The molecule has 0 amide bonds. The van der Waals surface area contributed by atoms with Gasteiger partial charge in [-0.15, -0.1) is 17.8 Å². The van der Waals surface area contributed by atoms with E-state index in [0.717, 1.165) is 9.75 Å². The number of aryl methyl sites for hydroxylation is 1. The van der Waals surface area contributed by atoms with Crippen LogP contribution in [0.25, 0.3) is 0 Å². The molecule has 0 saturated heterocycles. The number of terminal acetylenes is 1. The maximum absolute atomic E-state index is 12.4. The van der Waals surface area contributed by atoms with Crippen LogP contribution in [0.2, 0.25) is 0 Å². The second-order valence-electron chi connectivity index (χ2n) is 3.80. The molecule has 100 valence electrons. The fraction of sp³-hybridized carbons (Fsp3) is 0.500. The zero-order chi connectivity index (χ0) is 13.8. The molecule has 0 aliphatic carbocycles. The van der Waals surface area contributed by atoms with Crippen LogP contribution in [0.4, 0.5) is 0 Å². The fourth-order valence-corrected chi connectivity index (χ4v) is 4.63. The number of hydrogen-bond donors (Lipinski definition) is 1. The summed E-state index contributed by atoms with van der Waals surface area (Å²) in [6, 6.07) is 1.73. The summed E-state index contributed by atoms with van der Waals surface area (Å²) >= 11 is 1.49. The van der Waals surface area contributed by atoms with Gasteiger partial charge in [0.15, 0.2) is 0 Å². The zero-order valence-corrected chi connectivity index (χ0v) is 12.5. The van der Waals surface area contributed by atoms with Gasteiger partial charge in [0.25, 0.3) is 0 Å². The molecule has 0 bridgehead atoms. The molecule has 0 aliphatic rings. The van der Waals surface area contributed by atoms with Crippen molar-refractivity contribution in [1.82, 2.24) is 9.62 Å². The van der Waals surface area contributed by atoms with Crippen LogP contribution < -0.4 is 5.32 Å². The van der Waals surface area contributed by atoms with E-state index in [1.165, 1.54) is 15.6 Å². The first-order valence-electron chi connectivity index (χ1n) is 5.64. The van der Waals surface area contributed by atoms with E-state index < -0.39 is 10.0 Å². The Morgan fingerprint density at radius 3 is 2.72 bits per heavy atom. The standard InChI is InChI=1S/C12H18N2O2S2/c1-5-7-14(6-2)18(15,16)12-8-11(9-13-4)17-10(12)3/h1,8,13H,6-7,9H2,2-4H3. The average molecular weight is 286 g/mol. The van der Waals surface area contributed by atoms with Crippen molar-refractivity contribution in [2.45, 2.75) is 25.3 Å². The second-order valence-corrected chi connectivity index (χ2v) is 7.05. The Kier molecular flexibility index (Phi) is 5.35. The number of nitrogens with one attached hydrogen (secondary N) is 1. The predicted octanol–water partition coefficient (Wildman–Crippen LogP) is 1.42. The van der Waals surface area contributed by atoms with Gasteiger partial charge in [-0.2, -0.15) is 4.31 Å². The van der Waals surface area contributed by atoms with Gasteiger partial charge in [0.1, 0.15) is 0 Å². The van der Waals surface area contributed by atoms with Gasteiger partial charge in [0.05, 0.1) is 11.4 Å². The molecule has 1 N–H and O–H groups in total. The van der Waals surface area contributed by atoms with Crippen molar-refractivity contribution in [3.05, 3.63) is 15.8 Å². The van der Waals surface area contributed by atoms with Crippen molar-refractivity contribution in [3.8, 4) is 12.3 Å². The van der Waals surface area contributed by atoms with Crippen LogP contribution in [0, 0.1) is 19.3 Å². The summed E-state index contributed by atoms with van der Waals surface area (Å²) in [6.45, 7) is 4.76. The van der Waals surface area contributed by atoms with E-state index in [0.29, 0.717) is 18.0 Å². The highest BCUT2D eigenvalue weighted by molar-refractivity contribution is 7.89. The minimum atomic E-state index is -3.47. The lowest BCUT2D eigenvalue weighted by Crippen LogP contribution is -2.31. The Balaban J connectivity index is 3.15. The molecule has 18 heavy (non-hydrogen) atoms. The van der Waals surface area contributed by atoms with Crippen molar-refractivity contribution in [1.29, 1.82) is 0 Å². The van der Waals surface area contributed by atoms with Gasteiger partial charge in [-0.25, -0.2) is 8.42 Å². The first-order chi connectivity index (χ1) is 8.47. The average Bonchev–Trinajstić information content (AvgIpc) is 2.68. The minimum Gasteiger partial charge on any atom is -0.315 e. The summed E-state index contributed by atoms with van der Waals surface area (Å²) in [5, 5.41) is 3.01. The molecule has 0 radical (unpaired) electrons. The summed E-state index contributed by atoms with van der Waals surface area (Å²) in [7, 11) is -1.63. The van der Waals surface area contributed by atoms with Crippen molar-refractivity contribution in [3.63, 3.8) is 0 Å².